The largest absolute Gasteiger partial charge is 0.452 e. The minimum atomic E-state index is -0.682. The molecular weight excluding hydrogens is 348 g/mol. The molecule has 1 aliphatic heterocycles. The second-order valence-corrected chi connectivity index (χ2v) is 5.78. The van der Waals surface area contributed by atoms with Crippen LogP contribution in [0.5, 0.6) is 0 Å². The van der Waals surface area contributed by atoms with Crippen LogP contribution in [-0.4, -0.2) is 52.3 Å². The number of carbonyl (C=O) groups is 3. The molecule has 0 aliphatic carbocycles. The molecule has 0 unspecified atom stereocenters. The van der Waals surface area contributed by atoms with E-state index in [0.717, 1.165) is 10.5 Å². The van der Waals surface area contributed by atoms with Crippen molar-refractivity contribution < 1.29 is 19.1 Å². The van der Waals surface area contributed by atoms with Crippen molar-refractivity contribution in [3.8, 4) is 0 Å². The number of benzene rings is 1. The molecule has 2 heterocycles. The molecule has 0 atom stereocenters. The third-order valence-corrected chi connectivity index (χ3v) is 4.01. The molecule has 0 spiro atoms. The maximum absolute atomic E-state index is 12.0. The number of halogens is 1. The van der Waals surface area contributed by atoms with Gasteiger partial charge in [-0.1, -0.05) is 29.8 Å². The Hall–Kier alpha value is -2.87. The summed E-state index contributed by atoms with van der Waals surface area (Å²) >= 11 is 6.09. The number of rotatable bonds is 5. The third-order valence-electron chi connectivity index (χ3n) is 3.64. The van der Waals surface area contributed by atoms with Crippen molar-refractivity contribution in [2.24, 2.45) is 0 Å². The molecule has 1 saturated heterocycles. The Morgan fingerprint density at radius 1 is 1.32 bits per heavy atom. The summed E-state index contributed by atoms with van der Waals surface area (Å²) in [6.07, 6.45) is 2.87. The highest BCUT2D eigenvalue weighted by molar-refractivity contribution is 6.31. The Labute approximate surface area is 148 Å². The topological polar surface area (TPSA) is 93.5 Å². The molecule has 2 aromatic rings. The molecule has 1 fully saturated rings. The van der Waals surface area contributed by atoms with Crippen molar-refractivity contribution in [2.75, 3.05) is 19.7 Å². The molecule has 8 nitrogen and oxygen atoms in total. The summed E-state index contributed by atoms with van der Waals surface area (Å²) < 4.78 is 6.50. The van der Waals surface area contributed by atoms with Crippen molar-refractivity contribution in [2.45, 2.75) is 6.54 Å². The first-order chi connectivity index (χ1) is 12.0. The fourth-order valence-corrected chi connectivity index (χ4v) is 2.55. The van der Waals surface area contributed by atoms with E-state index in [4.69, 9.17) is 16.3 Å². The highest BCUT2D eigenvalue weighted by atomic mass is 35.5. The minimum Gasteiger partial charge on any atom is -0.452 e. The van der Waals surface area contributed by atoms with E-state index >= 15 is 0 Å². The van der Waals surface area contributed by atoms with Gasteiger partial charge in [0.2, 0.25) is 0 Å². The zero-order valence-corrected chi connectivity index (χ0v) is 13.9. The lowest BCUT2D eigenvalue weighted by Crippen LogP contribution is -2.37. The number of nitrogens with zero attached hydrogens (tertiary/aromatic N) is 3. The van der Waals surface area contributed by atoms with Crippen LogP contribution in [0.15, 0.2) is 36.7 Å². The van der Waals surface area contributed by atoms with Gasteiger partial charge in [-0.25, -0.2) is 9.59 Å². The highest BCUT2D eigenvalue weighted by Crippen LogP contribution is 2.16. The van der Waals surface area contributed by atoms with E-state index in [0.29, 0.717) is 18.1 Å². The predicted octanol–water partition coefficient (Wildman–Crippen LogP) is 1.29. The van der Waals surface area contributed by atoms with Crippen molar-refractivity contribution in [1.82, 2.24) is 20.0 Å². The van der Waals surface area contributed by atoms with Crippen LogP contribution in [0.2, 0.25) is 5.02 Å². The lowest BCUT2D eigenvalue weighted by Gasteiger charge is -2.11. The van der Waals surface area contributed by atoms with E-state index in [-0.39, 0.29) is 12.1 Å². The van der Waals surface area contributed by atoms with Gasteiger partial charge in [0.15, 0.2) is 6.61 Å². The Kier molecular flexibility index (Phi) is 4.99. The Morgan fingerprint density at radius 3 is 2.84 bits per heavy atom. The predicted molar refractivity (Wildman–Crippen MR) is 88.2 cm³/mol. The number of carbonyl (C=O) groups excluding carboxylic acids is 3. The zero-order valence-electron chi connectivity index (χ0n) is 13.1. The van der Waals surface area contributed by atoms with Gasteiger partial charge in [0, 0.05) is 24.3 Å². The number of imide groups is 1. The van der Waals surface area contributed by atoms with Crippen LogP contribution in [0, 0.1) is 0 Å². The second kappa shape index (κ2) is 7.35. The Bertz CT molecular complexity index is 820. The number of ether oxygens (including phenoxy) is 1. The maximum Gasteiger partial charge on any atom is 0.341 e. The molecule has 9 heteroatoms. The molecule has 1 aromatic carbocycles. The van der Waals surface area contributed by atoms with Gasteiger partial charge in [0.1, 0.15) is 0 Å². The number of amides is 3. The summed E-state index contributed by atoms with van der Waals surface area (Å²) in [5, 5.41) is 7.20. The molecule has 1 aromatic heterocycles. The van der Waals surface area contributed by atoms with Gasteiger partial charge in [-0.2, -0.15) is 5.10 Å². The maximum atomic E-state index is 12.0. The summed E-state index contributed by atoms with van der Waals surface area (Å²) in [7, 11) is 0. The van der Waals surface area contributed by atoms with Gasteiger partial charge < -0.3 is 10.1 Å². The van der Waals surface area contributed by atoms with Crippen molar-refractivity contribution in [3.05, 3.63) is 52.8 Å². The van der Waals surface area contributed by atoms with E-state index in [2.05, 4.69) is 10.4 Å². The molecule has 0 saturated carbocycles. The van der Waals surface area contributed by atoms with Gasteiger partial charge in [-0.3, -0.25) is 14.4 Å². The first-order valence-electron chi connectivity index (χ1n) is 7.56. The minimum absolute atomic E-state index is 0.214. The molecule has 0 bridgehead atoms. The molecule has 0 radical (unpaired) electrons. The van der Waals surface area contributed by atoms with Crippen LogP contribution in [0.4, 0.5) is 4.79 Å². The van der Waals surface area contributed by atoms with Gasteiger partial charge >= 0.3 is 12.0 Å². The fourth-order valence-electron chi connectivity index (χ4n) is 2.35. The zero-order chi connectivity index (χ0) is 17.8. The monoisotopic (exact) mass is 362 g/mol. The van der Waals surface area contributed by atoms with Crippen LogP contribution >= 0.6 is 11.6 Å². The summed E-state index contributed by atoms with van der Waals surface area (Å²) in [6, 6.07) is 6.85. The summed E-state index contributed by atoms with van der Waals surface area (Å²) in [5.74, 6) is -1.25. The van der Waals surface area contributed by atoms with Crippen LogP contribution in [-0.2, 0) is 16.1 Å². The highest BCUT2D eigenvalue weighted by Gasteiger charge is 2.27. The van der Waals surface area contributed by atoms with Crippen molar-refractivity contribution in [1.29, 1.82) is 0 Å². The van der Waals surface area contributed by atoms with Crippen molar-refractivity contribution >= 4 is 29.5 Å². The number of urea groups is 1. The molecule has 130 valence electrons. The summed E-state index contributed by atoms with van der Waals surface area (Å²) in [4.78, 5) is 36.2. The van der Waals surface area contributed by atoms with E-state index in [1.807, 2.05) is 18.2 Å². The van der Waals surface area contributed by atoms with Crippen LogP contribution in [0.1, 0.15) is 15.9 Å². The van der Waals surface area contributed by atoms with Gasteiger partial charge in [0.25, 0.3) is 5.91 Å². The smallest absolute Gasteiger partial charge is 0.341 e. The number of aromatic nitrogens is 2. The molecular formula is C16H15ClN4O4. The van der Waals surface area contributed by atoms with Crippen molar-refractivity contribution in [3.63, 3.8) is 0 Å². The average molecular weight is 363 g/mol. The second-order valence-electron chi connectivity index (χ2n) is 5.37. The number of hydrogen-bond donors (Lipinski definition) is 1. The van der Waals surface area contributed by atoms with Gasteiger partial charge in [-0.05, 0) is 11.6 Å². The SMILES string of the molecule is O=C(OCC(=O)N1CCNC1=O)c1cnn(Cc2ccccc2Cl)c1. The molecule has 3 amide bonds. The summed E-state index contributed by atoms with van der Waals surface area (Å²) in [6.45, 7) is 0.570. The number of hydrogen-bond acceptors (Lipinski definition) is 5. The molecule has 25 heavy (non-hydrogen) atoms. The Balaban J connectivity index is 1.56. The van der Waals surface area contributed by atoms with Gasteiger partial charge in [0.05, 0.1) is 18.3 Å². The third kappa shape index (κ3) is 3.97. The van der Waals surface area contributed by atoms with E-state index in [1.165, 1.54) is 12.4 Å². The van der Waals surface area contributed by atoms with Crippen LogP contribution in [0.25, 0.3) is 0 Å². The van der Waals surface area contributed by atoms with Crippen LogP contribution in [0.3, 0.4) is 0 Å². The fraction of sp³-hybridized carbons (Fsp3) is 0.250. The molecule has 3 rings (SSSR count). The first kappa shape index (κ1) is 17.0. The average Bonchev–Trinajstić information content (AvgIpc) is 3.23. The Morgan fingerprint density at radius 2 is 2.12 bits per heavy atom. The molecule has 1 aliphatic rings. The van der Waals surface area contributed by atoms with E-state index < -0.39 is 24.5 Å². The normalized spacial score (nSPS) is 13.6. The number of esters is 1. The lowest BCUT2D eigenvalue weighted by molar-refractivity contribution is -0.130. The van der Waals surface area contributed by atoms with E-state index in [9.17, 15) is 14.4 Å². The summed E-state index contributed by atoms with van der Waals surface area (Å²) in [5.41, 5.74) is 1.08. The quantitative estimate of drug-likeness (QED) is 0.809. The molecule has 1 N–H and O–H groups in total. The van der Waals surface area contributed by atoms with E-state index in [1.54, 1.807) is 10.7 Å². The standard InChI is InChI=1S/C16H15ClN4O4/c17-13-4-2-1-3-11(13)8-20-9-12(7-19-20)15(23)25-10-14(22)21-6-5-18-16(21)24/h1-4,7,9H,5-6,8,10H2,(H,18,24). The number of nitrogens with one attached hydrogen (secondary N) is 1. The first-order valence-corrected chi connectivity index (χ1v) is 7.93. The van der Waals surface area contributed by atoms with Crippen LogP contribution < -0.4 is 5.32 Å². The lowest BCUT2D eigenvalue weighted by atomic mass is 10.2. The van der Waals surface area contributed by atoms with Gasteiger partial charge in [-0.15, -0.1) is 0 Å².